The molecule has 2 unspecified atom stereocenters. The highest BCUT2D eigenvalue weighted by atomic mass is 19.1. The summed E-state index contributed by atoms with van der Waals surface area (Å²) in [6.45, 7) is 0.433. The molecule has 0 spiro atoms. The summed E-state index contributed by atoms with van der Waals surface area (Å²) in [4.78, 5) is 11.0. The number of carbonyl (C=O) groups is 1. The van der Waals surface area contributed by atoms with Gasteiger partial charge in [0.2, 0.25) is 0 Å². The fraction of sp³-hybridized carbons (Fsp3) is 0.500. The van der Waals surface area contributed by atoms with Gasteiger partial charge in [-0.1, -0.05) is 6.42 Å². The summed E-state index contributed by atoms with van der Waals surface area (Å²) in [5.41, 5.74) is 0.662. The Morgan fingerprint density at radius 2 is 2.16 bits per heavy atom. The van der Waals surface area contributed by atoms with Crippen LogP contribution < -0.4 is 5.32 Å². The molecule has 0 aliphatic heterocycles. The third-order valence-corrected chi connectivity index (χ3v) is 3.56. The molecule has 1 aliphatic rings. The van der Waals surface area contributed by atoms with Crippen LogP contribution in [-0.4, -0.2) is 22.2 Å². The first-order valence-corrected chi connectivity index (χ1v) is 6.49. The number of aromatic hydroxyl groups is 1. The molecule has 104 valence electrons. The molecule has 0 bridgehead atoms. The Kier molecular flexibility index (Phi) is 4.37. The molecule has 1 aliphatic carbocycles. The highest BCUT2D eigenvalue weighted by Gasteiger charge is 2.26. The molecule has 0 aromatic heterocycles. The molecule has 19 heavy (non-hydrogen) atoms. The van der Waals surface area contributed by atoms with Gasteiger partial charge in [-0.25, -0.2) is 4.39 Å². The van der Waals surface area contributed by atoms with Crippen LogP contribution in [0.3, 0.4) is 0 Å². The van der Waals surface area contributed by atoms with Crippen LogP contribution in [-0.2, 0) is 11.3 Å². The number of phenolic OH excluding ortho intramolecular Hbond substituents is 1. The average Bonchev–Trinajstić information content (AvgIpc) is 2.35. The first kappa shape index (κ1) is 13.8. The second kappa shape index (κ2) is 6.02. The predicted octanol–water partition coefficient (Wildman–Crippen LogP) is 2.26. The summed E-state index contributed by atoms with van der Waals surface area (Å²) in [6, 6.07) is 4.07. The van der Waals surface area contributed by atoms with Crippen molar-refractivity contribution in [3.8, 4) is 5.75 Å². The number of carboxylic acid groups (broad SMARTS) is 1. The van der Waals surface area contributed by atoms with Crippen LogP contribution in [0.15, 0.2) is 18.2 Å². The molecule has 5 heteroatoms. The van der Waals surface area contributed by atoms with Crippen molar-refractivity contribution < 1.29 is 19.4 Å². The number of hydrogen-bond donors (Lipinski definition) is 3. The van der Waals surface area contributed by atoms with Crippen LogP contribution in [0, 0.1) is 11.7 Å². The van der Waals surface area contributed by atoms with E-state index >= 15 is 0 Å². The van der Waals surface area contributed by atoms with Crippen LogP contribution in [0.25, 0.3) is 0 Å². The number of nitrogens with one attached hydrogen (secondary N) is 1. The van der Waals surface area contributed by atoms with E-state index in [-0.39, 0.29) is 17.7 Å². The van der Waals surface area contributed by atoms with E-state index in [0.29, 0.717) is 18.5 Å². The maximum atomic E-state index is 13.1. The lowest BCUT2D eigenvalue weighted by Gasteiger charge is -2.27. The van der Waals surface area contributed by atoms with E-state index in [9.17, 15) is 14.3 Å². The topological polar surface area (TPSA) is 69.6 Å². The largest absolute Gasteiger partial charge is 0.508 e. The van der Waals surface area contributed by atoms with Crippen molar-refractivity contribution in [3.63, 3.8) is 0 Å². The van der Waals surface area contributed by atoms with Crippen molar-refractivity contribution in [2.45, 2.75) is 38.3 Å². The smallest absolute Gasteiger partial charge is 0.306 e. The van der Waals surface area contributed by atoms with Gasteiger partial charge in [-0.3, -0.25) is 4.79 Å². The summed E-state index contributed by atoms with van der Waals surface area (Å²) in [5.74, 6) is -1.59. The lowest BCUT2D eigenvalue weighted by atomic mass is 9.86. The second-order valence-corrected chi connectivity index (χ2v) is 5.10. The molecule has 1 fully saturated rings. The van der Waals surface area contributed by atoms with Gasteiger partial charge in [0.15, 0.2) is 0 Å². The summed E-state index contributed by atoms with van der Waals surface area (Å²) < 4.78 is 13.1. The lowest BCUT2D eigenvalue weighted by Crippen LogP contribution is -2.36. The molecule has 1 aromatic carbocycles. The number of benzene rings is 1. The fourth-order valence-corrected chi connectivity index (χ4v) is 2.60. The molecule has 0 radical (unpaired) electrons. The highest BCUT2D eigenvalue weighted by molar-refractivity contribution is 5.70. The van der Waals surface area contributed by atoms with Crippen LogP contribution in [0.5, 0.6) is 5.75 Å². The Morgan fingerprint density at radius 1 is 1.37 bits per heavy atom. The Balaban J connectivity index is 1.89. The van der Waals surface area contributed by atoms with Gasteiger partial charge in [-0.2, -0.15) is 0 Å². The molecule has 4 nitrogen and oxygen atoms in total. The fourth-order valence-electron chi connectivity index (χ4n) is 2.60. The van der Waals surface area contributed by atoms with Crippen molar-refractivity contribution in [3.05, 3.63) is 29.6 Å². The van der Waals surface area contributed by atoms with Crippen molar-refractivity contribution in [2.75, 3.05) is 0 Å². The molecule has 0 heterocycles. The van der Waals surface area contributed by atoms with Crippen LogP contribution in [0.1, 0.15) is 31.2 Å². The third-order valence-electron chi connectivity index (χ3n) is 3.56. The normalized spacial score (nSPS) is 23.2. The monoisotopic (exact) mass is 267 g/mol. The first-order valence-electron chi connectivity index (χ1n) is 6.49. The lowest BCUT2D eigenvalue weighted by molar-refractivity contribution is -0.143. The minimum Gasteiger partial charge on any atom is -0.508 e. The Hall–Kier alpha value is -1.62. The van der Waals surface area contributed by atoms with Crippen LogP contribution in [0.4, 0.5) is 4.39 Å². The maximum absolute atomic E-state index is 13.1. The first-order chi connectivity index (χ1) is 9.04. The molecule has 0 saturated heterocycles. The van der Waals surface area contributed by atoms with Gasteiger partial charge < -0.3 is 15.5 Å². The van der Waals surface area contributed by atoms with E-state index in [4.69, 9.17) is 5.11 Å². The van der Waals surface area contributed by atoms with Crippen molar-refractivity contribution in [1.82, 2.24) is 5.32 Å². The quantitative estimate of drug-likeness (QED) is 0.782. The minimum absolute atomic E-state index is 0.0937. The number of halogens is 1. The molecule has 2 atom stereocenters. The molecule has 2 rings (SSSR count). The maximum Gasteiger partial charge on any atom is 0.306 e. The minimum atomic E-state index is -0.741. The van der Waals surface area contributed by atoms with Crippen LogP contribution in [0.2, 0.25) is 0 Å². The molecule has 0 amide bonds. The number of aliphatic carboxylic acids is 1. The SMILES string of the molecule is O=C(O)C1CCCC(NCc2cc(O)cc(F)c2)C1. The molecule has 1 saturated carbocycles. The number of phenols is 1. The van der Waals surface area contributed by atoms with Crippen molar-refractivity contribution >= 4 is 5.97 Å². The molecular weight excluding hydrogens is 249 g/mol. The molecule has 1 aromatic rings. The zero-order valence-electron chi connectivity index (χ0n) is 10.6. The Bertz CT molecular complexity index is 444. The van der Waals surface area contributed by atoms with Gasteiger partial charge in [0.05, 0.1) is 5.92 Å². The van der Waals surface area contributed by atoms with E-state index in [2.05, 4.69) is 5.32 Å². The Labute approximate surface area is 111 Å². The van der Waals surface area contributed by atoms with E-state index in [0.717, 1.165) is 25.3 Å². The Morgan fingerprint density at radius 3 is 2.84 bits per heavy atom. The van der Waals surface area contributed by atoms with Crippen molar-refractivity contribution in [2.24, 2.45) is 5.92 Å². The predicted molar refractivity (Wildman–Crippen MR) is 68.3 cm³/mol. The van der Waals surface area contributed by atoms with Crippen molar-refractivity contribution in [1.29, 1.82) is 0 Å². The second-order valence-electron chi connectivity index (χ2n) is 5.10. The highest BCUT2D eigenvalue weighted by Crippen LogP contribution is 2.25. The van der Waals surface area contributed by atoms with E-state index < -0.39 is 11.8 Å². The van der Waals surface area contributed by atoms with Crippen LogP contribution >= 0.6 is 0 Å². The summed E-state index contributed by atoms with van der Waals surface area (Å²) in [5, 5.41) is 21.5. The zero-order chi connectivity index (χ0) is 13.8. The standard InChI is InChI=1S/C14H18FNO3/c15-11-4-9(5-13(17)7-11)8-16-12-3-1-2-10(6-12)14(18)19/h4-5,7,10,12,16-17H,1-3,6,8H2,(H,18,19). The van der Waals surface area contributed by atoms with Gasteiger partial charge in [0.25, 0.3) is 0 Å². The van der Waals surface area contributed by atoms with E-state index in [1.807, 2.05) is 0 Å². The zero-order valence-corrected chi connectivity index (χ0v) is 10.6. The van der Waals surface area contributed by atoms with Gasteiger partial charge in [0, 0.05) is 18.7 Å². The third kappa shape index (κ3) is 3.92. The summed E-state index contributed by atoms with van der Waals surface area (Å²) >= 11 is 0. The molecule has 3 N–H and O–H groups in total. The summed E-state index contributed by atoms with van der Waals surface area (Å²) in [6.07, 6.45) is 3.17. The van der Waals surface area contributed by atoms with Gasteiger partial charge in [-0.15, -0.1) is 0 Å². The van der Waals surface area contributed by atoms with Gasteiger partial charge in [0.1, 0.15) is 11.6 Å². The molecular formula is C14H18FNO3. The average molecular weight is 267 g/mol. The van der Waals surface area contributed by atoms with E-state index in [1.165, 1.54) is 12.1 Å². The number of carboxylic acids is 1. The van der Waals surface area contributed by atoms with Gasteiger partial charge in [-0.05, 0) is 37.0 Å². The summed E-state index contributed by atoms with van der Waals surface area (Å²) in [7, 11) is 0. The number of rotatable bonds is 4. The number of hydrogen-bond acceptors (Lipinski definition) is 3. The van der Waals surface area contributed by atoms with Gasteiger partial charge >= 0.3 is 5.97 Å². The van der Waals surface area contributed by atoms with E-state index in [1.54, 1.807) is 0 Å².